The van der Waals surface area contributed by atoms with Gasteiger partial charge < -0.3 is 15.8 Å². The minimum absolute atomic E-state index is 0.00306. The Morgan fingerprint density at radius 3 is 2.65 bits per heavy atom. The number of nitrogens with zero attached hydrogens (tertiary/aromatic N) is 1. The molecule has 6 nitrogen and oxygen atoms in total. The van der Waals surface area contributed by atoms with Crippen LogP contribution in [0.2, 0.25) is 0 Å². The zero-order valence-electron chi connectivity index (χ0n) is 10.6. The number of methoxy groups -OCH3 is 1. The minimum Gasteiger partial charge on any atom is -0.497 e. The number of nitrogens with one attached hydrogen (secondary N) is 1. The smallest absolute Gasteiger partial charge is 0.292 e. The molecule has 0 saturated carbocycles. The molecule has 7 heteroatoms. The van der Waals surface area contributed by atoms with Gasteiger partial charge in [-0.15, -0.1) is 0 Å². The van der Waals surface area contributed by atoms with Crippen LogP contribution in [-0.2, 0) is 0 Å². The van der Waals surface area contributed by atoms with Crippen LogP contribution < -0.4 is 15.8 Å². The third kappa shape index (κ3) is 2.77. The molecular formula is C13H12FN3O3. The van der Waals surface area contributed by atoms with E-state index >= 15 is 0 Å². The molecule has 3 N–H and O–H groups in total. The van der Waals surface area contributed by atoms with Crippen LogP contribution in [0.3, 0.4) is 0 Å². The molecule has 0 radical (unpaired) electrons. The van der Waals surface area contributed by atoms with E-state index in [1.54, 1.807) is 0 Å². The summed E-state index contributed by atoms with van der Waals surface area (Å²) < 4.78 is 18.6. The Morgan fingerprint density at radius 2 is 2.05 bits per heavy atom. The Bertz CT molecular complexity index is 661. The first-order chi connectivity index (χ1) is 9.51. The molecule has 0 aliphatic carbocycles. The van der Waals surface area contributed by atoms with E-state index in [2.05, 4.69) is 5.32 Å². The lowest BCUT2D eigenvalue weighted by Crippen LogP contribution is -1.99. The molecule has 0 unspecified atom stereocenters. The summed E-state index contributed by atoms with van der Waals surface area (Å²) in [5.74, 6) is 0.0199. The van der Waals surface area contributed by atoms with Crippen molar-refractivity contribution in [1.82, 2.24) is 0 Å². The topological polar surface area (TPSA) is 90.4 Å². The summed E-state index contributed by atoms with van der Waals surface area (Å²) in [6.07, 6.45) is 0. The number of benzene rings is 2. The number of halogens is 1. The van der Waals surface area contributed by atoms with Crippen molar-refractivity contribution in [3.05, 3.63) is 52.3 Å². The predicted molar refractivity (Wildman–Crippen MR) is 73.7 cm³/mol. The number of ether oxygens (including phenoxy) is 1. The zero-order chi connectivity index (χ0) is 14.7. The van der Waals surface area contributed by atoms with Gasteiger partial charge in [-0.1, -0.05) is 0 Å². The molecule has 0 saturated heterocycles. The van der Waals surface area contributed by atoms with Crippen molar-refractivity contribution in [2.75, 3.05) is 18.2 Å². The molecule has 0 heterocycles. The number of rotatable bonds is 4. The summed E-state index contributed by atoms with van der Waals surface area (Å²) in [7, 11) is 1.47. The van der Waals surface area contributed by atoms with Crippen LogP contribution in [0.5, 0.6) is 5.75 Å². The third-order valence-electron chi connectivity index (χ3n) is 2.68. The second kappa shape index (κ2) is 5.43. The summed E-state index contributed by atoms with van der Waals surface area (Å²) in [5.41, 5.74) is 6.02. The molecular weight excluding hydrogens is 265 g/mol. The molecule has 20 heavy (non-hydrogen) atoms. The highest BCUT2D eigenvalue weighted by Gasteiger charge is 2.12. The van der Waals surface area contributed by atoms with Crippen molar-refractivity contribution in [2.24, 2.45) is 0 Å². The molecule has 0 aliphatic heterocycles. The fourth-order valence-electron chi connectivity index (χ4n) is 1.68. The van der Waals surface area contributed by atoms with E-state index in [0.29, 0.717) is 11.4 Å². The average molecular weight is 277 g/mol. The second-order valence-corrected chi connectivity index (χ2v) is 4.00. The predicted octanol–water partition coefficient (Wildman–Crippen LogP) is 3.07. The van der Waals surface area contributed by atoms with Crippen LogP contribution >= 0.6 is 0 Å². The maximum Gasteiger partial charge on any atom is 0.292 e. The van der Waals surface area contributed by atoms with E-state index in [-0.39, 0.29) is 17.1 Å². The van der Waals surface area contributed by atoms with Gasteiger partial charge in [-0.05, 0) is 24.3 Å². The molecule has 2 aromatic carbocycles. The van der Waals surface area contributed by atoms with Gasteiger partial charge in [0.25, 0.3) is 5.69 Å². The average Bonchev–Trinajstić information content (AvgIpc) is 2.41. The number of nitrogen functional groups attached to an aromatic ring is 1. The maximum absolute atomic E-state index is 13.6. The summed E-state index contributed by atoms with van der Waals surface area (Å²) in [6.45, 7) is 0. The number of hydrogen-bond donors (Lipinski definition) is 2. The third-order valence-corrected chi connectivity index (χ3v) is 2.68. The lowest BCUT2D eigenvalue weighted by Gasteiger charge is -2.10. The summed E-state index contributed by atoms with van der Waals surface area (Å²) in [4.78, 5) is 10.1. The van der Waals surface area contributed by atoms with Gasteiger partial charge in [0, 0.05) is 17.8 Å². The van der Waals surface area contributed by atoms with E-state index in [9.17, 15) is 14.5 Å². The Kier molecular flexibility index (Phi) is 3.69. The number of nitrogens with two attached hydrogens (primary N) is 1. The Morgan fingerprint density at radius 1 is 1.30 bits per heavy atom. The van der Waals surface area contributed by atoms with E-state index in [4.69, 9.17) is 10.5 Å². The van der Waals surface area contributed by atoms with Crippen LogP contribution in [0, 0.1) is 15.9 Å². The largest absolute Gasteiger partial charge is 0.497 e. The van der Waals surface area contributed by atoms with Gasteiger partial charge in [0.05, 0.1) is 17.7 Å². The van der Waals surface area contributed by atoms with Crippen LogP contribution in [0.4, 0.5) is 27.1 Å². The molecule has 2 rings (SSSR count). The van der Waals surface area contributed by atoms with Gasteiger partial charge in [-0.25, -0.2) is 4.39 Å². The van der Waals surface area contributed by atoms with Crippen LogP contribution in [-0.4, -0.2) is 12.0 Å². The summed E-state index contributed by atoms with van der Waals surface area (Å²) >= 11 is 0. The summed E-state index contributed by atoms with van der Waals surface area (Å²) in [6, 6.07) is 8.31. The first-order valence-corrected chi connectivity index (χ1v) is 5.65. The van der Waals surface area contributed by atoms with Crippen LogP contribution in [0.1, 0.15) is 0 Å². The van der Waals surface area contributed by atoms with Crippen molar-refractivity contribution >= 4 is 22.7 Å². The van der Waals surface area contributed by atoms with Crippen molar-refractivity contribution in [2.45, 2.75) is 0 Å². The van der Waals surface area contributed by atoms with Crippen LogP contribution in [0.25, 0.3) is 0 Å². The molecule has 0 amide bonds. The van der Waals surface area contributed by atoms with E-state index in [0.717, 1.165) is 0 Å². The second-order valence-electron chi connectivity index (χ2n) is 4.00. The molecule has 0 aliphatic rings. The molecule has 0 atom stereocenters. The Labute approximate surface area is 114 Å². The highest BCUT2D eigenvalue weighted by molar-refractivity contribution is 5.70. The van der Waals surface area contributed by atoms with E-state index in [1.165, 1.54) is 43.5 Å². The number of nitro benzene ring substituents is 1. The zero-order valence-corrected chi connectivity index (χ0v) is 10.6. The van der Waals surface area contributed by atoms with Gasteiger partial charge in [-0.2, -0.15) is 0 Å². The molecule has 2 aromatic rings. The van der Waals surface area contributed by atoms with Gasteiger partial charge in [0.1, 0.15) is 17.3 Å². The van der Waals surface area contributed by atoms with Crippen molar-refractivity contribution in [3.63, 3.8) is 0 Å². The van der Waals surface area contributed by atoms with Gasteiger partial charge >= 0.3 is 0 Å². The molecule has 104 valence electrons. The maximum atomic E-state index is 13.6. The number of anilines is 3. The van der Waals surface area contributed by atoms with Crippen molar-refractivity contribution < 1.29 is 14.1 Å². The highest BCUT2D eigenvalue weighted by Crippen LogP contribution is 2.29. The van der Waals surface area contributed by atoms with Crippen molar-refractivity contribution in [3.8, 4) is 5.75 Å². The van der Waals surface area contributed by atoms with Gasteiger partial charge in [-0.3, -0.25) is 10.1 Å². The Hall–Kier alpha value is -2.83. The van der Waals surface area contributed by atoms with Gasteiger partial charge in [0.2, 0.25) is 0 Å². The molecule has 0 aromatic heterocycles. The van der Waals surface area contributed by atoms with Gasteiger partial charge in [0.15, 0.2) is 0 Å². The monoisotopic (exact) mass is 277 g/mol. The SMILES string of the molecule is COc1ccc(F)c(Nc2ccc([N+](=O)[O-])c(N)c2)c1. The van der Waals surface area contributed by atoms with Crippen molar-refractivity contribution in [1.29, 1.82) is 0 Å². The number of nitro groups is 1. The molecule has 0 spiro atoms. The lowest BCUT2D eigenvalue weighted by atomic mass is 10.2. The van der Waals surface area contributed by atoms with Crippen LogP contribution in [0.15, 0.2) is 36.4 Å². The molecule has 0 bridgehead atoms. The Balaban J connectivity index is 2.30. The first kappa shape index (κ1) is 13.6. The lowest BCUT2D eigenvalue weighted by molar-refractivity contribution is -0.383. The normalized spacial score (nSPS) is 10.1. The standard InChI is InChI=1S/C13H12FN3O3/c1-20-9-3-4-10(14)12(7-9)16-8-2-5-13(17(18)19)11(15)6-8/h2-7,16H,15H2,1H3. The minimum atomic E-state index is -0.578. The quantitative estimate of drug-likeness (QED) is 0.509. The van der Waals surface area contributed by atoms with E-state index < -0.39 is 10.7 Å². The fourth-order valence-corrected chi connectivity index (χ4v) is 1.68. The number of hydrogen-bond acceptors (Lipinski definition) is 5. The molecule has 0 fully saturated rings. The first-order valence-electron chi connectivity index (χ1n) is 5.65. The summed E-state index contributed by atoms with van der Waals surface area (Å²) in [5, 5.41) is 13.5. The fraction of sp³-hybridized carbons (Fsp3) is 0.0769. The highest BCUT2D eigenvalue weighted by atomic mass is 19.1. The van der Waals surface area contributed by atoms with E-state index in [1.807, 2.05) is 0 Å².